The van der Waals surface area contributed by atoms with Crippen molar-refractivity contribution in [1.82, 2.24) is 4.98 Å². The predicted octanol–water partition coefficient (Wildman–Crippen LogP) is 4.41. The number of hydrogen-bond donors (Lipinski definition) is 1. The molecule has 0 unspecified atom stereocenters. The summed E-state index contributed by atoms with van der Waals surface area (Å²) >= 11 is 7.91. The SMILES string of the molecule is COC(=O)C1=C(C(=O)OC)[C@H](c2cc([N+](=O)[O-])ccc2OCc2ccccc2Cl)c2sc(=O)[nH]c2S1. The number of aromatic amines is 1. The second-order valence-electron chi connectivity index (χ2n) is 7.33. The smallest absolute Gasteiger partial charge is 0.345 e. The number of carbonyl (C=O) groups excluding carboxylic acids is 2. The summed E-state index contributed by atoms with van der Waals surface area (Å²) in [7, 11) is 2.29. The second kappa shape index (κ2) is 10.6. The van der Waals surface area contributed by atoms with Crippen LogP contribution in [0.3, 0.4) is 0 Å². The number of halogens is 1. The molecule has 1 aromatic heterocycles. The van der Waals surface area contributed by atoms with Crippen molar-refractivity contribution in [2.75, 3.05) is 14.2 Å². The fourth-order valence-corrected chi connectivity index (χ4v) is 6.06. The van der Waals surface area contributed by atoms with Crippen LogP contribution < -0.4 is 9.61 Å². The Balaban J connectivity index is 1.94. The lowest BCUT2D eigenvalue weighted by atomic mass is 9.88. The van der Waals surface area contributed by atoms with Crippen molar-refractivity contribution in [2.24, 2.45) is 0 Å². The van der Waals surface area contributed by atoms with E-state index >= 15 is 0 Å². The van der Waals surface area contributed by atoms with Crippen molar-refractivity contribution in [2.45, 2.75) is 17.6 Å². The third-order valence-electron chi connectivity index (χ3n) is 5.27. The van der Waals surface area contributed by atoms with Gasteiger partial charge in [-0.15, -0.1) is 0 Å². The van der Waals surface area contributed by atoms with Gasteiger partial charge in [0.2, 0.25) is 0 Å². The number of ether oxygens (including phenoxy) is 3. The lowest BCUT2D eigenvalue weighted by molar-refractivity contribution is -0.384. The van der Waals surface area contributed by atoms with Gasteiger partial charge in [0.25, 0.3) is 5.69 Å². The lowest BCUT2D eigenvalue weighted by Gasteiger charge is -2.27. The number of esters is 2. The maximum atomic E-state index is 13.0. The summed E-state index contributed by atoms with van der Waals surface area (Å²) in [6.07, 6.45) is 0. The summed E-state index contributed by atoms with van der Waals surface area (Å²) in [4.78, 5) is 51.4. The summed E-state index contributed by atoms with van der Waals surface area (Å²) in [6, 6.07) is 10.9. The van der Waals surface area contributed by atoms with Crippen molar-refractivity contribution < 1.29 is 28.7 Å². The summed E-state index contributed by atoms with van der Waals surface area (Å²) in [5.41, 5.74) is 0.449. The van der Waals surface area contributed by atoms with Crippen LogP contribution in [-0.4, -0.2) is 36.1 Å². The van der Waals surface area contributed by atoms with Gasteiger partial charge in [-0.05, 0) is 12.1 Å². The van der Waals surface area contributed by atoms with E-state index < -0.39 is 27.7 Å². The van der Waals surface area contributed by atoms with Gasteiger partial charge in [0.05, 0.1) is 40.5 Å². The number of methoxy groups -OCH3 is 2. The maximum absolute atomic E-state index is 13.0. The molecule has 0 amide bonds. The van der Waals surface area contributed by atoms with Crippen LogP contribution in [0.1, 0.15) is 21.9 Å². The standard InChI is InChI=1S/C23H17ClN2O8S2/c1-32-21(27)17-16(18-20(25-23(29)36-18)35-19(17)22(28)33-2)13-9-12(26(30)31)7-8-15(13)34-10-11-5-3-4-6-14(11)24/h3-9,16H,10H2,1-2H3,(H,25,29)/t16-/m0/s1. The minimum Gasteiger partial charge on any atom is -0.489 e. The number of thiazole rings is 1. The number of non-ortho nitro benzene ring substituents is 1. The summed E-state index contributed by atoms with van der Waals surface area (Å²) < 4.78 is 15.8. The Morgan fingerprint density at radius 2 is 1.86 bits per heavy atom. The van der Waals surface area contributed by atoms with E-state index in [1.807, 2.05) is 0 Å². The van der Waals surface area contributed by atoms with Gasteiger partial charge in [-0.2, -0.15) is 0 Å². The quantitative estimate of drug-likeness (QED) is 0.258. The average molecular weight is 549 g/mol. The van der Waals surface area contributed by atoms with Crippen LogP contribution in [-0.2, 0) is 25.7 Å². The molecule has 0 saturated heterocycles. The Kier molecular flexibility index (Phi) is 7.48. The van der Waals surface area contributed by atoms with Gasteiger partial charge in [-0.1, -0.05) is 52.9 Å². The first-order valence-electron chi connectivity index (χ1n) is 10.2. The fourth-order valence-electron chi connectivity index (χ4n) is 3.65. The van der Waals surface area contributed by atoms with Crippen LogP contribution in [0.25, 0.3) is 0 Å². The van der Waals surface area contributed by atoms with Gasteiger partial charge in [-0.3, -0.25) is 14.9 Å². The molecule has 0 bridgehead atoms. The number of thioether (sulfide) groups is 1. The van der Waals surface area contributed by atoms with Crippen LogP contribution in [0, 0.1) is 10.1 Å². The van der Waals surface area contributed by atoms with E-state index in [-0.39, 0.29) is 34.1 Å². The molecule has 13 heteroatoms. The third kappa shape index (κ3) is 4.87. The number of carbonyl (C=O) groups is 2. The van der Waals surface area contributed by atoms with Crippen LogP contribution in [0.5, 0.6) is 5.75 Å². The molecule has 0 spiro atoms. The normalized spacial score (nSPS) is 14.7. The molecule has 1 aliphatic heterocycles. The molecule has 0 radical (unpaired) electrons. The largest absolute Gasteiger partial charge is 0.489 e. The molecule has 3 aromatic rings. The first kappa shape index (κ1) is 25.5. The van der Waals surface area contributed by atoms with Gasteiger partial charge in [-0.25, -0.2) is 9.59 Å². The highest BCUT2D eigenvalue weighted by Gasteiger charge is 2.41. The number of nitrogens with zero attached hydrogens (tertiary/aromatic N) is 1. The van der Waals surface area contributed by atoms with E-state index in [1.165, 1.54) is 18.2 Å². The molecular weight excluding hydrogens is 532 g/mol. The number of nitro groups is 1. The molecule has 0 saturated carbocycles. The summed E-state index contributed by atoms with van der Waals surface area (Å²) in [6.45, 7) is 0.0172. The molecule has 0 aliphatic carbocycles. The van der Waals surface area contributed by atoms with Crippen molar-refractivity contribution >= 4 is 52.3 Å². The maximum Gasteiger partial charge on any atom is 0.345 e. The van der Waals surface area contributed by atoms with Crippen LogP contribution >= 0.6 is 34.7 Å². The number of fused-ring (bicyclic) bond motifs is 1. The molecule has 10 nitrogen and oxygen atoms in total. The molecular formula is C23H17ClN2O8S2. The van der Waals surface area contributed by atoms with E-state index in [9.17, 15) is 24.5 Å². The van der Waals surface area contributed by atoms with Crippen molar-refractivity contribution in [3.63, 3.8) is 0 Å². The first-order chi connectivity index (χ1) is 17.2. The van der Waals surface area contributed by atoms with E-state index in [4.69, 9.17) is 25.8 Å². The number of rotatable bonds is 7. The highest BCUT2D eigenvalue weighted by atomic mass is 35.5. The number of nitrogens with one attached hydrogen (secondary N) is 1. The number of benzene rings is 2. The van der Waals surface area contributed by atoms with Gasteiger partial charge >= 0.3 is 16.8 Å². The van der Waals surface area contributed by atoms with Gasteiger partial charge in [0, 0.05) is 28.3 Å². The first-order valence-corrected chi connectivity index (χ1v) is 12.2. The zero-order valence-electron chi connectivity index (χ0n) is 18.7. The molecule has 2 aromatic carbocycles. The van der Waals surface area contributed by atoms with Gasteiger partial charge < -0.3 is 19.2 Å². The van der Waals surface area contributed by atoms with E-state index in [0.717, 1.165) is 37.3 Å². The number of H-pyrrole nitrogens is 1. The predicted molar refractivity (Wildman–Crippen MR) is 133 cm³/mol. The molecule has 36 heavy (non-hydrogen) atoms. The Morgan fingerprint density at radius 3 is 2.53 bits per heavy atom. The Hall–Kier alpha value is -3.61. The highest BCUT2D eigenvalue weighted by Crippen LogP contribution is 2.51. The number of hydrogen-bond acceptors (Lipinski definition) is 10. The van der Waals surface area contributed by atoms with E-state index in [0.29, 0.717) is 20.5 Å². The molecule has 0 fully saturated rings. The Bertz CT molecular complexity index is 1460. The van der Waals surface area contributed by atoms with Crippen molar-refractivity contribution in [3.8, 4) is 5.75 Å². The zero-order chi connectivity index (χ0) is 26.0. The molecule has 1 N–H and O–H groups in total. The topological polar surface area (TPSA) is 138 Å². The minimum absolute atomic E-state index is 0.0172. The van der Waals surface area contributed by atoms with Crippen LogP contribution in [0.15, 0.2) is 62.8 Å². The van der Waals surface area contributed by atoms with Gasteiger partial charge in [0.15, 0.2) is 0 Å². The summed E-state index contributed by atoms with van der Waals surface area (Å²) in [5, 5.41) is 12.4. The molecule has 1 atom stereocenters. The van der Waals surface area contributed by atoms with E-state index in [2.05, 4.69) is 4.98 Å². The zero-order valence-corrected chi connectivity index (χ0v) is 21.1. The Morgan fingerprint density at radius 1 is 1.14 bits per heavy atom. The Labute approximate surface area is 217 Å². The van der Waals surface area contributed by atoms with Crippen LogP contribution in [0.4, 0.5) is 5.69 Å². The molecule has 4 rings (SSSR count). The summed E-state index contributed by atoms with van der Waals surface area (Å²) in [5.74, 6) is -2.59. The molecule has 1 aliphatic rings. The molecule has 186 valence electrons. The fraction of sp³-hybridized carbons (Fsp3) is 0.174. The number of aromatic nitrogens is 1. The lowest BCUT2D eigenvalue weighted by Crippen LogP contribution is -2.23. The second-order valence-corrected chi connectivity index (χ2v) is 9.77. The highest BCUT2D eigenvalue weighted by molar-refractivity contribution is 8.04. The molecule has 2 heterocycles. The third-order valence-corrected chi connectivity index (χ3v) is 7.84. The van der Waals surface area contributed by atoms with Crippen molar-refractivity contribution in [1.29, 1.82) is 0 Å². The van der Waals surface area contributed by atoms with Gasteiger partial charge in [0.1, 0.15) is 17.3 Å². The number of nitro benzene ring substituents is 1. The van der Waals surface area contributed by atoms with Crippen LogP contribution in [0.2, 0.25) is 5.02 Å². The monoisotopic (exact) mass is 548 g/mol. The average Bonchev–Trinajstić information content (AvgIpc) is 3.25. The van der Waals surface area contributed by atoms with Crippen molar-refractivity contribution in [3.05, 3.63) is 93.8 Å². The minimum atomic E-state index is -1.09. The van der Waals surface area contributed by atoms with E-state index in [1.54, 1.807) is 24.3 Å².